The van der Waals surface area contributed by atoms with Crippen molar-refractivity contribution in [2.45, 2.75) is 20.3 Å². The molecule has 0 saturated carbocycles. The molecule has 0 aliphatic heterocycles. The Balaban J connectivity index is 2.03. The molecule has 0 aliphatic rings. The maximum atomic E-state index is 11.9. The normalized spacial score (nSPS) is 11.4. The van der Waals surface area contributed by atoms with Crippen LogP contribution in [0, 0.1) is 0 Å². The van der Waals surface area contributed by atoms with Crippen molar-refractivity contribution in [2.75, 3.05) is 0 Å². The standard InChI is InChI=1S/C14H15N3OS/c1-3-12-4-5-13(19-12)14(18)17-16-10(2)11-6-8-15-9-7-11/h4-9H,3H2,1-2H3,(H,17,18)/b16-10-. The number of carbonyl (C=O) groups excluding carboxylic acids is 1. The molecule has 0 aliphatic carbocycles. The Morgan fingerprint density at radius 3 is 2.68 bits per heavy atom. The molecule has 0 atom stereocenters. The van der Waals surface area contributed by atoms with Gasteiger partial charge >= 0.3 is 0 Å². The van der Waals surface area contributed by atoms with Crippen LogP contribution in [0.3, 0.4) is 0 Å². The minimum atomic E-state index is -0.168. The van der Waals surface area contributed by atoms with Gasteiger partial charge in [-0.2, -0.15) is 5.10 Å². The van der Waals surface area contributed by atoms with Crippen molar-refractivity contribution in [3.63, 3.8) is 0 Å². The Hall–Kier alpha value is -2.01. The first-order chi connectivity index (χ1) is 9.20. The van der Waals surface area contributed by atoms with E-state index in [0.717, 1.165) is 17.7 Å². The number of nitrogens with zero attached hydrogens (tertiary/aromatic N) is 2. The number of thiophene rings is 1. The van der Waals surface area contributed by atoms with E-state index >= 15 is 0 Å². The summed E-state index contributed by atoms with van der Waals surface area (Å²) in [6, 6.07) is 7.51. The predicted molar refractivity (Wildman–Crippen MR) is 77.6 cm³/mol. The largest absolute Gasteiger partial charge is 0.281 e. The van der Waals surface area contributed by atoms with Gasteiger partial charge in [0.05, 0.1) is 10.6 Å². The van der Waals surface area contributed by atoms with Gasteiger partial charge in [-0.15, -0.1) is 11.3 Å². The number of hydrogen-bond donors (Lipinski definition) is 1. The molecule has 1 amide bonds. The lowest BCUT2D eigenvalue weighted by atomic mass is 10.2. The van der Waals surface area contributed by atoms with Gasteiger partial charge in [0.15, 0.2) is 0 Å². The lowest BCUT2D eigenvalue weighted by Crippen LogP contribution is -2.18. The van der Waals surface area contributed by atoms with E-state index in [1.807, 2.05) is 31.2 Å². The van der Waals surface area contributed by atoms with Crippen molar-refractivity contribution in [3.05, 3.63) is 52.0 Å². The van der Waals surface area contributed by atoms with Gasteiger partial charge in [-0.3, -0.25) is 9.78 Å². The summed E-state index contributed by atoms with van der Waals surface area (Å²) < 4.78 is 0. The Bertz CT molecular complexity index is 590. The minimum absolute atomic E-state index is 0.168. The second-order valence-corrected chi connectivity index (χ2v) is 5.16. The number of amides is 1. The topological polar surface area (TPSA) is 54.4 Å². The first-order valence-corrected chi connectivity index (χ1v) is 6.86. The van der Waals surface area contributed by atoms with Crippen molar-refractivity contribution in [1.82, 2.24) is 10.4 Å². The molecule has 0 unspecified atom stereocenters. The summed E-state index contributed by atoms with van der Waals surface area (Å²) in [5, 5.41) is 4.10. The highest BCUT2D eigenvalue weighted by molar-refractivity contribution is 7.14. The minimum Gasteiger partial charge on any atom is -0.266 e. The second-order valence-electron chi connectivity index (χ2n) is 3.99. The summed E-state index contributed by atoms with van der Waals surface area (Å²) in [6.07, 6.45) is 4.34. The van der Waals surface area contributed by atoms with Gasteiger partial charge in [-0.05, 0) is 37.6 Å². The second kappa shape index (κ2) is 6.24. The fourth-order valence-electron chi connectivity index (χ4n) is 1.54. The molecule has 19 heavy (non-hydrogen) atoms. The fraction of sp³-hybridized carbons (Fsp3) is 0.214. The zero-order valence-corrected chi connectivity index (χ0v) is 11.7. The maximum Gasteiger partial charge on any atom is 0.281 e. The van der Waals surface area contributed by atoms with E-state index in [9.17, 15) is 4.79 Å². The van der Waals surface area contributed by atoms with Gasteiger partial charge in [0.2, 0.25) is 0 Å². The molecular formula is C14H15N3OS. The van der Waals surface area contributed by atoms with Crippen LogP contribution in [0.25, 0.3) is 0 Å². The van der Waals surface area contributed by atoms with Crippen LogP contribution in [-0.4, -0.2) is 16.6 Å². The summed E-state index contributed by atoms with van der Waals surface area (Å²) in [5.41, 5.74) is 4.27. The third-order valence-corrected chi connectivity index (χ3v) is 3.89. The smallest absolute Gasteiger partial charge is 0.266 e. The van der Waals surface area contributed by atoms with Crippen molar-refractivity contribution < 1.29 is 4.79 Å². The summed E-state index contributed by atoms with van der Waals surface area (Å²) in [7, 11) is 0. The molecule has 1 N–H and O–H groups in total. The molecule has 0 spiro atoms. The molecule has 4 nitrogen and oxygen atoms in total. The number of nitrogens with one attached hydrogen (secondary N) is 1. The molecule has 0 radical (unpaired) electrons. The van der Waals surface area contributed by atoms with Crippen LogP contribution in [0.5, 0.6) is 0 Å². The average molecular weight is 273 g/mol. The number of pyridine rings is 1. The summed E-state index contributed by atoms with van der Waals surface area (Å²) >= 11 is 1.50. The van der Waals surface area contributed by atoms with E-state index in [4.69, 9.17) is 0 Å². The molecule has 2 rings (SSSR count). The van der Waals surface area contributed by atoms with Gasteiger partial charge in [0.1, 0.15) is 0 Å². The zero-order chi connectivity index (χ0) is 13.7. The number of rotatable bonds is 4. The quantitative estimate of drug-likeness (QED) is 0.688. The zero-order valence-electron chi connectivity index (χ0n) is 10.9. The molecule has 98 valence electrons. The number of hydrazone groups is 1. The molecule has 2 heterocycles. The van der Waals surface area contributed by atoms with Crippen LogP contribution in [-0.2, 0) is 6.42 Å². The van der Waals surface area contributed by atoms with Crippen LogP contribution >= 0.6 is 11.3 Å². The van der Waals surface area contributed by atoms with Gasteiger partial charge in [-0.1, -0.05) is 6.92 Å². The van der Waals surface area contributed by atoms with E-state index in [1.54, 1.807) is 12.4 Å². The molecule has 0 saturated heterocycles. The number of carbonyl (C=O) groups is 1. The summed E-state index contributed by atoms with van der Waals surface area (Å²) in [6.45, 7) is 3.92. The Labute approximate surface area is 116 Å². The molecule has 2 aromatic rings. The van der Waals surface area contributed by atoms with E-state index < -0.39 is 0 Å². The average Bonchev–Trinajstić information content (AvgIpc) is 2.94. The highest BCUT2D eigenvalue weighted by Gasteiger charge is 2.07. The van der Waals surface area contributed by atoms with E-state index in [0.29, 0.717) is 4.88 Å². The van der Waals surface area contributed by atoms with Crippen LogP contribution in [0.15, 0.2) is 41.8 Å². The van der Waals surface area contributed by atoms with Crippen molar-refractivity contribution >= 4 is 23.0 Å². The van der Waals surface area contributed by atoms with Gasteiger partial charge in [0.25, 0.3) is 5.91 Å². The Morgan fingerprint density at radius 2 is 2.05 bits per heavy atom. The molecular weight excluding hydrogens is 258 g/mol. The van der Waals surface area contributed by atoms with E-state index in [2.05, 4.69) is 22.4 Å². The monoisotopic (exact) mass is 273 g/mol. The lowest BCUT2D eigenvalue weighted by Gasteiger charge is -2.01. The molecule has 5 heteroatoms. The summed E-state index contributed by atoms with van der Waals surface area (Å²) in [5.74, 6) is -0.168. The highest BCUT2D eigenvalue weighted by Crippen LogP contribution is 2.16. The van der Waals surface area contributed by atoms with Crippen LogP contribution in [0.4, 0.5) is 0 Å². The van der Waals surface area contributed by atoms with Crippen LogP contribution in [0.1, 0.15) is 34.0 Å². The highest BCUT2D eigenvalue weighted by atomic mass is 32.1. The SMILES string of the molecule is CCc1ccc(C(=O)N/N=C(/C)c2ccncc2)s1. The fourth-order valence-corrected chi connectivity index (χ4v) is 2.37. The lowest BCUT2D eigenvalue weighted by molar-refractivity contribution is 0.0959. The summed E-state index contributed by atoms with van der Waals surface area (Å²) in [4.78, 5) is 17.7. The number of hydrogen-bond acceptors (Lipinski definition) is 4. The maximum absolute atomic E-state index is 11.9. The van der Waals surface area contributed by atoms with Gasteiger partial charge < -0.3 is 0 Å². The Morgan fingerprint density at radius 1 is 1.32 bits per heavy atom. The van der Waals surface area contributed by atoms with Crippen molar-refractivity contribution in [3.8, 4) is 0 Å². The van der Waals surface area contributed by atoms with Gasteiger partial charge in [-0.25, -0.2) is 5.43 Å². The van der Waals surface area contributed by atoms with Crippen molar-refractivity contribution in [1.29, 1.82) is 0 Å². The van der Waals surface area contributed by atoms with Crippen LogP contribution in [0.2, 0.25) is 0 Å². The van der Waals surface area contributed by atoms with E-state index in [-0.39, 0.29) is 5.91 Å². The third-order valence-electron chi connectivity index (χ3n) is 2.66. The number of aryl methyl sites for hydroxylation is 1. The van der Waals surface area contributed by atoms with Crippen molar-refractivity contribution in [2.24, 2.45) is 5.10 Å². The Kier molecular flexibility index (Phi) is 4.41. The first kappa shape index (κ1) is 13.4. The van der Waals surface area contributed by atoms with Crippen LogP contribution < -0.4 is 5.43 Å². The molecule has 2 aromatic heterocycles. The van der Waals surface area contributed by atoms with Gasteiger partial charge in [0, 0.05) is 22.8 Å². The predicted octanol–water partition coefficient (Wildman–Crippen LogP) is 2.86. The third kappa shape index (κ3) is 3.48. The molecule has 0 aromatic carbocycles. The number of aromatic nitrogens is 1. The molecule has 0 bridgehead atoms. The molecule has 0 fully saturated rings. The van der Waals surface area contributed by atoms with E-state index in [1.165, 1.54) is 16.2 Å². The first-order valence-electron chi connectivity index (χ1n) is 6.04.